The second kappa shape index (κ2) is 5.68. The van der Waals surface area contributed by atoms with Crippen LogP contribution < -0.4 is 4.74 Å². The molecule has 1 aromatic rings. The summed E-state index contributed by atoms with van der Waals surface area (Å²) in [5.41, 5.74) is 0.419. The van der Waals surface area contributed by atoms with Crippen LogP contribution in [0.5, 0.6) is 5.75 Å². The van der Waals surface area contributed by atoms with Gasteiger partial charge in [-0.2, -0.15) is 4.89 Å². The van der Waals surface area contributed by atoms with Crippen LogP contribution in [0.25, 0.3) is 0 Å². The van der Waals surface area contributed by atoms with Gasteiger partial charge in [0.1, 0.15) is 11.9 Å². The van der Waals surface area contributed by atoms with Crippen molar-refractivity contribution in [1.82, 2.24) is 0 Å². The molecular formula is C13H15O4. The van der Waals surface area contributed by atoms with E-state index in [1.54, 1.807) is 31.4 Å². The van der Waals surface area contributed by atoms with Gasteiger partial charge in [0.05, 0.1) is 12.7 Å². The highest BCUT2D eigenvalue weighted by Gasteiger charge is 2.20. The summed E-state index contributed by atoms with van der Waals surface area (Å²) in [5.74, 6) is 0.122. The van der Waals surface area contributed by atoms with Gasteiger partial charge in [-0.1, -0.05) is 18.9 Å². The van der Waals surface area contributed by atoms with Gasteiger partial charge in [-0.3, -0.25) is 4.89 Å². The summed E-state index contributed by atoms with van der Waals surface area (Å²) in [5, 5.41) is 0. The van der Waals surface area contributed by atoms with E-state index in [4.69, 9.17) is 14.5 Å². The average molecular weight is 235 g/mol. The second-order valence-electron chi connectivity index (χ2n) is 3.93. The zero-order chi connectivity index (χ0) is 12.1. The molecule has 0 amide bonds. The third kappa shape index (κ3) is 3.20. The van der Waals surface area contributed by atoms with Gasteiger partial charge in [0.25, 0.3) is 0 Å². The summed E-state index contributed by atoms with van der Waals surface area (Å²) in [6, 6.07) is 6.78. The highest BCUT2D eigenvalue weighted by Crippen LogP contribution is 2.28. The number of ether oxygens (including phenoxy) is 1. The Morgan fingerprint density at radius 1 is 1.24 bits per heavy atom. The van der Waals surface area contributed by atoms with E-state index in [9.17, 15) is 4.79 Å². The summed E-state index contributed by atoms with van der Waals surface area (Å²) in [6.07, 6.45) is 4.82. The van der Waals surface area contributed by atoms with Crippen molar-refractivity contribution in [3.05, 3.63) is 35.9 Å². The molecule has 0 saturated heterocycles. The van der Waals surface area contributed by atoms with Crippen molar-refractivity contribution in [2.75, 3.05) is 7.11 Å². The van der Waals surface area contributed by atoms with E-state index in [1.165, 1.54) is 0 Å². The molecule has 0 unspecified atom stereocenters. The lowest BCUT2D eigenvalue weighted by Gasteiger charge is -2.08. The van der Waals surface area contributed by atoms with E-state index in [1.807, 2.05) is 0 Å². The van der Waals surface area contributed by atoms with Crippen LogP contribution in [0.2, 0.25) is 0 Å². The third-order valence-electron chi connectivity index (χ3n) is 2.70. The van der Waals surface area contributed by atoms with Gasteiger partial charge < -0.3 is 4.74 Å². The summed E-state index contributed by atoms with van der Waals surface area (Å²) in [6.45, 7) is 0. The van der Waals surface area contributed by atoms with Crippen LogP contribution in [0, 0.1) is 6.10 Å². The van der Waals surface area contributed by atoms with Gasteiger partial charge >= 0.3 is 5.97 Å². The maximum atomic E-state index is 11.7. The summed E-state index contributed by atoms with van der Waals surface area (Å²) in [7, 11) is 1.55. The molecule has 17 heavy (non-hydrogen) atoms. The zero-order valence-electron chi connectivity index (χ0n) is 9.77. The molecule has 0 atom stereocenters. The Balaban J connectivity index is 1.89. The van der Waals surface area contributed by atoms with Gasteiger partial charge in [-0.05, 0) is 31.0 Å². The number of benzene rings is 1. The molecule has 91 valence electrons. The van der Waals surface area contributed by atoms with Crippen molar-refractivity contribution >= 4 is 5.97 Å². The predicted octanol–water partition coefficient (Wildman–Crippen LogP) is 2.89. The van der Waals surface area contributed by atoms with E-state index in [0.29, 0.717) is 11.3 Å². The van der Waals surface area contributed by atoms with E-state index < -0.39 is 5.97 Å². The number of methoxy groups -OCH3 is 1. The maximum absolute atomic E-state index is 11.7. The quantitative estimate of drug-likeness (QED) is 0.594. The van der Waals surface area contributed by atoms with Crippen LogP contribution in [0.3, 0.4) is 0 Å². The van der Waals surface area contributed by atoms with Crippen molar-refractivity contribution < 1.29 is 19.3 Å². The molecule has 0 bridgehead atoms. The fourth-order valence-corrected chi connectivity index (χ4v) is 1.75. The lowest BCUT2D eigenvalue weighted by Crippen LogP contribution is -2.08. The number of carbonyl (C=O) groups excluding carboxylic acids is 1. The predicted molar refractivity (Wildman–Crippen MR) is 61.2 cm³/mol. The number of rotatable bonds is 4. The Morgan fingerprint density at radius 3 is 2.71 bits per heavy atom. The summed E-state index contributed by atoms with van der Waals surface area (Å²) >= 11 is 0. The molecule has 1 aliphatic rings. The van der Waals surface area contributed by atoms with Crippen LogP contribution in [0.1, 0.15) is 36.0 Å². The van der Waals surface area contributed by atoms with Crippen LogP contribution in [-0.2, 0) is 9.78 Å². The molecule has 1 saturated carbocycles. The standard InChI is InChI=1S/C13H15O4/c1-15-12-8-4-5-10(9-12)13(14)17-16-11-6-2-3-7-11/h4-5,8-9H,2-3,6-7H2,1H3. The SMILES string of the molecule is COc1cccc(C(=O)OO[C]2CCCC2)c1. The smallest absolute Gasteiger partial charge is 0.373 e. The maximum Gasteiger partial charge on any atom is 0.373 e. The van der Waals surface area contributed by atoms with Crippen LogP contribution in [0.4, 0.5) is 0 Å². The van der Waals surface area contributed by atoms with E-state index in [-0.39, 0.29) is 0 Å². The number of carbonyl (C=O) groups is 1. The van der Waals surface area contributed by atoms with Gasteiger partial charge in [0, 0.05) is 0 Å². The second-order valence-corrected chi connectivity index (χ2v) is 3.93. The van der Waals surface area contributed by atoms with Gasteiger partial charge in [-0.15, -0.1) is 0 Å². The molecule has 4 heteroatoms. The summed E-state index contributed by atoms with van der Waals surface area (Å²) < 4.78 is 5.03. The van der Waals surface area contributed by atoms with Gasteiger partial charge in [0.15, 0.2) is 0 Å². The topological polar surface area (TPSA) is 44.8 Å². The Hall–Kier alpha value is -1.55. The van der Waals surface area contributed by atoms with E-state index in [2.05, 4.69) is 0 Å². The number of hydrogen-bond acceptors (Lipinski definition) is 4. The minimum atomic E-state index is -0.497. The molecule has 0 heterocycles. The van der Waals surface area contributed by atoms with Crippen LogP contribution >= 0.6 is 0 Å². The van der Waals surface area contributed by atoms with Crippen molar-refractivity contribution in [3.8, 4) is 5.75 Å². The lowest BCUT2D eigenvalue weighted by atomic mass is 10.2. The van der Waals surface area contributed by atoms with Crippen LogP contribution in [-0.4, -0.2) is 13.1 Å². The molecular weight excluding hydrogens is 220 g/mol. The molecule has 0 spiro atoms. The minimum absolute atomic E-state index is 0.419. The van der Waals surface area contributed by atoms with Gasteiger partial charge in [0.2, 0.25) is 0 Å². The van der Waals surface area contributed by atoms with Crippen molar-refractivity contribution in [1.29, 1.82) is 0 Å². The molecule has 2 rings (SSSR count). The zero-order valence-corrected chi connectivity index (χ0v) is 9.77. The van der Waals surface area contributed by atoms with Crippen molar-refractivity contribution in [2.45, 2.75) is 25.7 Å². The molecule has 0 N–H and O–H groups in total. The molecule has 4 nitrogen and oxygen atoms in total. The largest absolute Gasteiger partial charge is 0.497 e. The molecule has 1 aromatic carbocycles. The summed E-state index contributed by atoms with van der Waals surface area (Å²) in [4.78, 5) is 21.5. The third-order valence-corrected chi connectivity index (χ3v) is 2.70. The average Bonchev–Trinajstić information content (AvgIpc) is 2.89. The fraction of sp³-hybridized carbons (Fsp3) is 0.385. The first-order valence-corrected chi connectivity index (χ1v) is 5.67. The van der Waals surface area contributed by atoms with E-state index >= 15 is 0 Å². The molecule has 1 aliphatic carbocycles. The Morgan fingerprint density at radius 2 is 2.00 bits per heavy atom. The molecule has 0 aliphatic heterocycles. The van der Waals surface area contributed by atoms with Crippen LogP contribution in [0.15, 0.2) is 24.3 Å². The fourth-order valence-electron chi connectivity index (χ4n) is 1.75. The monoisotopic (exact) mass is 235 g/mol. The lowest BCUT2D eigenvalue weighted by molar-refractivity contribution is -0.234. The number of hydrogen-bond donors (Lipinski definition) is 0. The first-order valence-electron chi connectivity index (χ1n) is 5.67. The first kappa shape index (κ1) is 11.9. The minimum Gasteiger partial charge on any atom is -0.497 e. The first-order chi connectivity index (χ1) is 8.29. The molecule has 1 radical (unpaired) electrons. The van der Waals surface area contributed by atoms with E-state index in [0.717, 1.165) is 31.8 Å². The Labute approximate surface area is 100 Å². The highest BCUT2D eigenvalue weighted by molar-refractivity contribution is 5.89. The Bertz CT molecular complexity index is 383. The van der Waals surface area contributed by atoms with Crippen molar-refractivity contribution in [2.24, 2.45) is 0 Å². The van der Waals surface area contributed by atoms with Gasteiger partial charge in [-0.25, -0.2) is 4.79 Å². The Kier molecular flexibility index (Phi) is 3.98. The molecule has 0 aromatic heterocycles. The normalized spacial score (nSPS) is 15.8. The highest BCUT2D eigenvalue weighted by atomic mass is 17.2. The molecule has 1 fully saturated rings. The van der Waals surface area contributed by atoms with Crippen molar-refractivity contribution in [3.63, 3.8) is 0 Å².